The van der Waals surface area contributed by atoms with Crippen molar-refractivity contribution in [3.63, 3.8) is 0 Å². The first-order valence-corrected chi connectivity index (χ1v) is 6.64. The quantitative estimate of drug-likeness (QED) is 0.863. The Morgan fingerprint density at radius 2 is 2.11 bits per heavy atom. The SMILES string of the molecule is CC(C)CCNc1cc(N2CCOCC2)ncn1. The summed E-state index contributed by atoms with van der Waals surface area (Å²) in [5, 5.41) is 3.35. The highest BCUT2D eigenvalue weighted by molar-refractivity contribution is 5.48. The molecule has 1 saturated heterocycles. The molecule has 18 heavy (non-hydrogen) atoms. The molecule has 0 atom stereocenters. The van der Waals surface area contributed by atoms with Gasteiger partial charge in [-0.05, 0) is 12.3 Å². The Bertz CT molecular complexity index is 364. The zero-order valence-electron chi connectivity index (χ0n) is 11.2. The van der Waals surface area contributed by atoms with E-state index in [0.717, 1.165) is 50.9 Å². The Morgan fingerprint density at radius 1 is 1.33 bits per heavy atom. The van der Waals surface area contributed by atoms with Crippen molar-refractivity contribution >= 4 is 11.6 Å². The van der Waals surface area contributed by atoms with E-state index in [1.165, 1.54) is 0 Å². The predicted octanol–water partition coefficient (Wildman–Crippen LogP) is 1.77. The first kappa shape index (κ1) is 13.1. The second-order valence-electron chi connectivity index (χ2n) is 4.97. The molecule has 2 rings (SSSR count). The molecule has 0 bridgehead atoms. The molecule has 0 unspecified atom stereocenters. The van der Waals surface area contributed by atoms with Crippen LogP contribution in [0.1, 0.15) is 20.3 Å². The van der Waals surface area contributed by atoms with Crippen molar-refractivity contribution in [1.82, 2.24) is 9.97 Å². The highest BCUT2D eigenvalue weighted by atomic mass is 16.5. The largest absolute Gasteiger partial charge is 0.378 e. The Hall–Kier alpha value is -1.36. The summed E-state index contributed by atoms with van der Waals surface area (Å²) in [4.78, 5) is 10.8. The second-order valence-corrected chi connectivity index (χ2v) is 4.97. The van der Waals surface area contributed by atoms with Crippen molar-refractivity contribution in [2.75, 3.05) is 43.1 Å². The van der Waals surface area contributed by atoms with Crippen LogP contribution < -0.4 is 10.2 Å². The van der Waals surface area contributed by atoms with Crippen molar-refractivity contribution in [3.8, 4) is 0 Å². The van der Waals surface area contributed by atoms with Gasteiger partial charge in [0, 0.05) is 25.7 Å². The molecule has 1 N–H and O–H groups in total. The van der Waals surface area contributed by atoms with Gasteiger partial charge in [0.2, 0.25) is 0 Å². The number of nitrogens with zero attached hydrogens (tertiary/aromatic N) is 3. The topological polar surface area (TPSA) is 50.3 Å². The minimum Gasteiger partial charge on any atom is -0.378 e. The van der Waals surface area contributed by atoms with Gasteiger partial charge in [-0.2, -0.15) is 0 Å². The summed E-state index contributed by atoms with van der Waals surface area (Å²) in [7, 11) is 0. The summed E-state index contributed by atoms with van der Waals surface area (Å²) in [6.07, 6.45) is 2.78. The van der Waals surface area contributed by atoms with Crippen molar-refractivity contribution in [2.45, 2.75) is 20.3 Å². The van der Waals surface area contributed by atoms with E-state index in [1.54, 1.807) is 6.33 Å². The third-order valence-corrected chi connectivity index (χ3v) is 3.02. The monoisotopic (exact) mass is 250 g/mol. The fraction of sp³-hybridized carbons (Fsp3) is 0.692. The van der Waals surface area contributed by atoms with Crippen LogP contribution in [-0.2, 0) is 4.74 Å². The van der Waals surface area contributed by atoms with Crippen LogP contribution in [0.5, 0.6) is 0 Å². The molecule has 1 aromatic rings. The number of hydrogen-bond acceptors (Lipinski definition) is 5. The van der Waals surface area contributed by atoms with E-state index in [2.05, 4.69) is 34.0 Å². The van der Waals surface area contributed by atoms with Gasteiger partial charge in [-0.3, -0.25) is 0 Å². The Kier molecular flexibility index (Phi) is 4.75. The van der Waals surface area contributed by atoms with Gasteiger partial charge in [0.1, 0.15) is 18.0 Å². The van der Waals surface area contributed by atoms with E-state index >= 15 is 0 Å². The summed E-state index contributed by atoms with van der Waals surface area (Å²) >= 11 is 0. The number of aromatic nitrogens is 2. The van der Waals surface area contributed by atoms with Crippen molar-refractivity contribution in [3.05, 3.63) is 12.4 Å². The molecule has 1 fully saturated rings. The predicted molar refractivity (Wildman–Crippen MR) is 73.0 cm³/mol. The third-order valence-electron chi connectivity index (χ3n) is 3.02. The normalized spacial score (nSPS) is 16.1. The van der Waals surface area contributed by atoms with Crippen LogP contribution in [0, 0.1) is 5.92 Å². The maximum absolute atomic E-state index is 5.34. The van der Waals surface area contributed by atoms with Crippen LogP contribution in [-0.4, -0.2) is 42.8 Å². The lowest BCUT2D eigenvalue weighted by molar-refractivity contribution is 0.122. The summed E-state index contributed by atoms with van der Waals surface area (Å²) < 4.78 is 5.34. The minimum absolute atomic E-state index is 0.707. The van der Waals surface area contributed by atoms with Gasteiger partial charge in [0.15, 0.2) is 0 Å². The summed E-state index contributed by atoms with van der Waals surface area (Å²) in [5.41, 5.74) is 0. The average Bonchev–Trinajstić information content (AvgIpc) is 2.40. The van der Waals surface area contributed by atoms with E-state index < -0.39 is 0 Å². The third kappa shape index (κ3) is 3.84. The molecule has 0 saturated carbocycles. The molecular formula is C13H22N4O. The molecule has 0 aliphatic carbocycles. The van der Waals surface area contributed by atoms with Crippen molar-refractivity contribution in [2.24, 2.45) is 5.92 Å². The standard InChI is InChI=1S/C13H22N4O/c1-11(2)3-4-14-12-9-13(16-10-15-12)17-5-7-18-8-6-17/h9-11H,3-8H2,1-2H3,(H,14,15,16). The number of anilines is 2. The van der Waals surface area contributed by atoms with Crippen LogP contribution in [0.2, 0.25) is 0 Å². The lowest BCUT2D eigenvalue weighted by Gasteiger charge is -2.27. The lowest BCUT2D eigenvalue weighted by atomic mass is 10.1. The molecular weight excluding hydrogens is 228 g/mol. The van der Waals surface area contributed by atoms with Gasteiger partial charge in [-0.1, -0.05) is 13.8 Å². The fourth-order valence-electron chi connectivity index (χ4n) is 1.90. The molecule has 5 heteroatoms. The van der Waals surface area contributed by atoms with E-state index in [1.807, 2.05) is 6.07 Å². The molecule has 0 amide bonds. The van der Waals surface area contributed by atoms with Crippen LogP contribution in [0.3, 0.4) is 0 Å². The molecule has 5 nitrogen and oxygen atoms in total. The van der Waals surface area contributed by atoms with Gasteiger partial charge in [-0.25, -0.2) is 9.97 Å². The Balaban J connectivity index is 1.91. The summed E-state index contributed by atoms with van der Waals surface area (Å²) in [6.45, 7) is 8.77. The molecule has 1 aromatic heterocycles. The van der Waals surface area contributed by atoms with E-state index in [-0.39, 0.29) is 0 Å². The highest BCUT2D eigenvalue weighted by Gasteiger charge is 2.12. The smallest absolute Gasteiger partial charge is 0.134 e. The van der Waals surface area contributed by atoms with Gasteiger partial charge < -0.3 is 15.0 Å². The Labute approximate surface area is 109 Å². The van der Waals surface area contributed by atoms with Gasteiger partial charge in [-0.15, -0.1) is 0 Å². The number of hydrogen-bond donors (Lipinski definition) is 1. The molecule has 100 valence electrons. The molecule has 2 heterocycles. The van der Waals surface area contributed by atoms with E-state index in [4.69, 9.17) is 4.74 Å². The highest BCUT2D eigenvalue weighted by Crippen LogP contribution is 2.15. The van der Waals surface area contributed by atoms with E-state index in [9.17, 15) is 0 Å². The lowest BCUT2D eigenvalue weighted by Crippen LogP contribution is -2.36. The van der Waals surface area contributed by atoms with Crippen LogP contribution in [0.15, 0.2) is 12.4 Å². The first-order valence-electron chi connectivity index (χ1n) is 6.64. The van der Waals surface area contributed by atoms with E-state index in [0.29, 0.717) is 5.92 Å². The van der Waals surface area contributed by atoms with Gasteiger partial charge in [0.25, 0.3) is 0 Å². The molecule has 0 spiro atoms. The molecule has 1 aliphatic heterocycles. The number of rotatable bonds is 5. The first-order chi connectivity index (χ1) is 8.75. The maximum atomic E-state index is 5.34. The zero-order chi connectivity index (χ0) is 12.8. The van der Waals surface area contributed by atoms with Gasteiger partial charge >= 0.3 is 0 Å². The number of ether oxygens (including phenoxy) is 1. The molecule has 1 aliphatic rings. The molecule has 0 radical (unpaired) electrons. The van der Waals surface area contributed by atoms with Crippen LogP contribution >= 0.6 is 0 Å². The maximum Gasteiger partial charge on any atom is 0.134 e. The van der Waals surface area contributed by atoms with Crippen molar-refractivity contribution < 1.29 is 4.74 Å². The number of morpholine rings is 1. The van der Waals surface area contributed by atoms with Crippen LogP contribution in [0.25, 0.3) is 0 Å². The summed E-state index contributed by atoms with van der Waals surface area (Å²) in [5.74, 6) is 2.60. The zero-order valence-corrected chi connectivity index (χ0v) is 11.2. The van der Waals surface area contributed by atoms with Crippen LogP contribution in [0.4, 0.5) is 11.6 Å². The second kappa shape index (κ2) is 6.54. The molecule has 0 aromatic carbocycles. The minimum atomic E-state index is 0.707. The average molecular weight is 250 g/mol. The summed E-state index contributed by atoms with van der Waals surface area (Å²) in [6, 6.07) is 2.02. The Morgan fingerprint density at radius 3 is 2.83 bits per heavy atom. The number of nitrogens with one attached hydrogen (secondary N) is 1. The fourth-order valence-corrected chi connectivity index (χ4v) is 1.90. The van der Waals surface area contributed by atoms with Gasteiger partial charge in [0.05, 0.1) is 13.2 Å². The van der Waals surface area contributed by atoms with Crippen molar-refractivity contribution in [1.29, 1.82) is 0 Å².